The number of pyridine rings is 1. The van der Waals surface area contributed by atoms with Crippen LogP contribution in [0.5, 0.6) is 11.5 Å². The second-order valence-corrected chi connectivity index (χ2v) is 8.86. The fourth-order valence-electron chi connectivity index (χ4n) is 3.34. The number of thioether (sulfide) groups is 1. The maximum atomic E-state index is 13.5. The van der Waals surface area contributed by atoms with Gasteiger partial charge in [-0.25, -0.2) is 4.98 Å². The zero-order chi connectivity index (χ0) is 22.5. The van der Waals surface area contributed by atoms with Gasteiger partial charge in [-0.15, -0.1) is 11.8 Å². The second-order valence-electron chi connectivity index (χ2n) is 7.00. The average molecular weight is 466 g/mol. The number of rotatable bonds is 8. The van der Waals surface area contributed by atoms with Crippen LogP contribution in [0.25, 0.3) is 10.2 Å². The minimum absolute atomic E-state index is 0.0318. The molecule has 0 aliphatic rings. The van der Waals surface area contributed by atoms with Crippen molar-refractivity contribution in [3.8, 4) is 11.5 Å². The number of carbonyl (C=O) groups excluding carboxylic acids is 1. The van der Waals surface area contributed by atoms with E-state index in [0.29, 0.717) is 28.7 Å². The zero-order valence-electron chi connectivity index (χ0n) is 18.1. The number of anilines is 1. The Hall–Kier alpha value is -3.10. The summed E-state index contributed by atoms with van der Waals surface area (Å²) in [5, 5.41) is 0.602. The summed E-state index contributed by atoms with van der Waals surface area (Å²) in [6.07, 6.45) is 5.77. The number of methoxy groups -OCH3 is 2. The van der Waals surface area contributed by atoms with E-state index in [-0.39, 0.29) is 12.3 Å². The van der Waals surface area contributed by atoms with Crippen molar-refractivity contribution in [2.45, 2.75) is 17.9 Å². The number of thiazole rings is 1. The first kappa shape index (κ1) is 22.1. The number of hydrogen-bond acceptors (Lipinski definition) is 7. The van der Waals surface area contributed by atoms with Gasteiger partial charge in [-0.1, -0.05) is 23.5 Å². The maximum Gasteiger partial charge on any atom is 0.233 e. The smallest absolute Gasteiger partial charge is 0.233 e. The summed E-state index contributed by atoms with van der Waals surface area (Å²) < 4.78 is 11.9. The monoisotopic (exact) mass is 465 g/mol. The van der Waals surface area contributed by atoms with Crippen molar-refractivity contribution in [1.82, 2.24) is 9.97 Å². The molecule has 2 heterocycles. The van der Waals surface area contributed by atoms with Gasteiger partial charge >= 0.3 is 0 Å². The van der Waals surface area contributed by atoms with Crippen molar-refractivity contribution in [2.75, 3.05) is 25.4 Å². The molecule has 6 nitrogen and oxygen atoms in total. The van der Waals surface area contributed by atoms with Gasteiger partial charge in [0, 0.05) is 17.3 Å². The molecule has 2 aromatic heterocycles. The largest absolute Gasteiger partial charge is 0.495 e. The lowest BCUT2D eigenvalue weighted by atomic mass is 10.1. The van der Waals surface area contributed by atoms with Gasteiger partial charge in [0.05, 0.1) is 27.2 Å². The minimum Gasteiger partial charge on any atom is -0.495 e. The van der Waals surface area contributed by atoms with Gasteiger partial charge in [0.15, 0.2) is 5.13 Å². The molecule has 0 aliphatic carbocycles. The third-order valence-electron chi connectivity index (χ3n) is 5.04. The van der Waals surface area contributed by atoms with Crippen LogP contribution in [0.2, 0.25) is 0 Å². The van der Waals surface area contributed by atoms with Gasteiger partial charge in [-0.3, -0.25) is 14.7 Å². The molecule has 0 unspecified atom stereocenters. The molecule has 8 heteroatoms. The molecule has 0 radical (unpaired) electrons. The molecule has 4 rings (SSSR count). The number of hydrogen-bond donors (Lipinski definition) is 0. The lowest BCUT2D eigenvalue weighted by Crippen LogP contribution is -2.31. The van der Waals surface area contributed by atoms with E-state index in [1.54, 1.807) is 43.3 Å². The molecule has 0 aliphatic heterocycles. The van der Waals surface area contributed by atoms with Crippen LogP contribution in [0.15, 0.2) is 65.8 Å². The van der Waals surface area contributed by atoms with E-state index in [0.717, 1.165) is 15.8 Å². The zero-order valence-corrected chi connectivity index (χ0v) is 19.7. The molecular formula is C24H23N3O3S2. The van der Waals surface area contributed by atoms with Crippen LogP contribution < -0.4 is 14.4 Å². The van der Waals surface area contributed by atoms with Gasteiger partial charge in [0.1, 0.15) is 21.7 Å². The van der Waals surface area contributed by atoms with E-state index in [9.17, 15) is 4.79 Å². The highest BCUT2D eigenvalue weighted by atomic mass is 32.2. The van der Waals surface area contributed by atoms with Gasteiger partial charge in [0.25, 0.3) is 0 Å². The van der Waals surface area contributed by atoms with E-state index < -0.39 is 0 Å². The molecule has 0 saturated carbocycles. The molecule has 0 saturated heterocycles. The average Bonchev–Trinajstić information content (AvgIpc) is 3.28. The highest BCUT2D eigenvalue weighted by molar-refractivity contribution is 7.98. The first-order chi connectivity index (χ1) is 15.6. The van der Waals surface area contributed by atoms with Crippen LogP contribution in [-0.2, 0) is 17.8 Å². The minimum atomic E-state index is -0.0318. The number of ether oxygens (including phenoxy) is 2. The first-order valence-corrected chi connectivity index (χ1v) is 12.0. The Morgan fingerprint density at radius 2 is 1.66 bits per heavy atom. The summed E-state index contributed by atoms with van der Waals surface area (Å²) in [4.78, 5) is 25.2. The van der Waals surface area contributed by atoms with Crippen molar-refractivity contribution >= 4 is 44.4 Å². The Labute approximate surface area is 195 Å². The summed E-state index contributed by atoms with van der Waals surface area (Å²) >= 11 is 3.10. The number of nitrogens with zero attached hydrogens (tertiary/aromatic N) is 3. The Kier molecular flexibility index (Phi) is 6.92. The maximum absolute atomic E-state index is 13.5. The summed E-state index contributed by atoms with van der Waals surface area (Å²) in [5.74, 6) is 1.32. The number of benzene rings is 2. The van der Waals surface area contributed by atoms with Gasteiger partial charge < -0.3 is 9.47 Å². The summed E-state index contributed by atoms with van der Waals surface area (Å²) in [6.45, 7) is 0.398. The van der Waals surface area contributed by atoms with E-state index in [4.69, 9.17) is 14.5 Å². The Morgan fingerprint density at radius 1 is 0.969 bits per heavy atom. The summed E-state index contributed by atoms with van der Waals surface area (Å²) in [6, 6.07) is 15.6. The standard InChI is InChI=1S/C24H23N3O3S2/c1-29-19-8-9-20(30-2)23-22(19)26-24(32-23)27(15-17-10-12-25-13-11-17)21(28)14-16-4-6-18(31-3)7-5-16/h4-13H,14-15H2,1-3H3. The van der Waals surface area contributed by atoms with E-state index in [2.05, 4.69) is 4.98 Å². The molecule has 4 aromatic rings. The SMILES string of the molecule is COc1ccc(OC)c2sc(N(Cc3ccncc3)C(=O)Cc3ccc(SC)cc3)nc12. The molecule has 0 bridgehead atoms. The van der Waals surface area contributed by atoms with Gasteiger partial charge in [0.2, 0.25) is 5.91 Å². The lowest BCUT2D eigenvalue weighted by molar-refractivity contribution is -0.118. The molecule has 0 N–H and O–H groups in total. The van der Waals surface area contributed by atoms with Gasteiger partial charge in [-0.05, 0) is 53.8 Å². The fourth-order valence-corrected chi connectivity index (χ4v) is 4.84. The van der Waals surface area contributed by atoms with Crippen molar-refractivity contribution < 1.29 is 14.3 Å². The predicted octanol–water partition coefficient (Wildman–Crippen LogP) is 5.21. The van der Waals surface area contributed by atoms with Crippen LogP contribution in [-0.4, -0.2) is 36.4 Å². The Morgan fingerprint density at radius 3 is 2.31 bits per heavy atom. The molecule has 0 atom stereocenters. The van der Waals surface area contributed by atoms with Crippen LogP contribution in [0.3, 0.4) is 0 Å². The first-order valence-electron chi connectivity index (χ1n) is 9.96. The number of carbonyl (C=O) groups is 1. The van der Waals surface area contributed by atoms with Gasteiger partial charge in [-0.2, -0.15) is 0 Å². The quantitative estimate of drug-likeness (QED) is 0.333. The fraction of sp³-hybridized carbons (Fsp3) is 0.208. The molecule has 32 heavy (non-hydrogen) atoms. The van der Waals surface area contributed by atoms with Crippen molar-refractivity contribution in [3.63, 3.8) is 0 Å². The highest BCUT2D eigenvalue weighted by Crippen LogP contribution is 2.40. The number of fused-ring (bicyclic) bond motifs is 1. The molecule has 0 fully saturated rings. The van der Waals surface area contributed by atoms with Crippen molar-refractivity contribution in [3.05, 3.63) is 72.1 Å². The van der Waals surface area contributed by atoms with E-state index in [1.807, 2.05) is 54.8 Å². The summed E-state index contributed by atoms with van der Waals surface area (Å²) in [5.41, 5.74) is 2.62. The van der Waals surface area contributed by atoms with Crippen LogP contribution in [0.4, 0.5) is 5.13 Å². The Bertz CT molecular complexity index is 1170. The molecule has 0 spiro atoms. The van der Waals surface area contributed by atoms with E-state index in [1.165, 1.54) is 16.2 Å². The third-order valence-corrected chi connectivity index (χ3v) is 6.87. The molecule has 2 aromatic carbocycles. The van der Waals surface area contributed by atoms with Crippen LogP contribution >= 0.6 is 23.1 Å². The molecule has 164 valence electrons. The Balaban J connectivity index is 1.72. The normalized spacial score (nSPS) is 10.8. The highest BCUT2D eigenvalue weighted by Gasteiger charge is 2.23. The van der Waals surface area contributed by atoms with Crippen molar-refractivity contribution in [2.24, 2.45) is 0 Å². The third kappa shape index (κ3) is 4.71. The van der Waals surface area contributed by atoms with Crippen molar-refractivity contribution in [1.29, 1.82) is 0 Å². The predicted molar refractivity (Wildman–Crippen MR) is 130 cm³/mol. The number of amides is 1. The van der Waals surface area contributed by atoms with Crippen LogP contribution in [0, 0.1) is 0 Å². The molecule has 1 amide bonds. The van der Waals surface area contributed by atoms with E-state index >= 15 is 0 Å². The van der Waals surface area contributed by atoms with Crippen LogP contribution in [0.1, 0.15) is 11.1 Å². The lowest BCUT2D eigenvalue weighted by Gasteiger charge is -2.20. The second kappa shape index (κ2) is 10.0. The number of aromatic nitrogens is 2. The molecular weight excluding hydrogens is 442 g/mol. The topological polar surface area (TPSA) is 64.6 Å². The summed E-state index contributed by atoms with van der Waals surface area (Å²) in [7, 11) is 3.23.